The van der Waals surface area contributed by atoms with Crippen LogP contribution in [0.2, 0.25) is 0 Å². The maximum atomic E-state index is 13.1. The van der Waals surface area contributed by atoms with E-state index in [4.69, 9.17) is 22.9 Å². The van der Waals surface area contributed by atoms with Gasteiger partial charge in [-0.25, -0.2) is 0 Å². The van der Waals surface area contributed by atoms with Gasteiger partial charge in [-0.05, 0) is 31.0 Å². The predicted octanol–water partition coefficient (Wildman–Crippen LogP) is 4.34. The van der Waals surface area contributed by atoms with Crippen molar-refractivity contribution in [2.75, 3.05) is 18.0 Å². The van der Waals surface area contributed by atoms with Gasteiger partial charge in [-0.15, -0.1) is 0 Å². The Balaban J connectivity index is -0.00000130. The molecule has 0 aromatic heterocycles. The number of carbonyl (C=O) groups excluding carboxylic acids is 3. The summed E-state index contributed by atoms with van der Waals surface area (Å²) in [6.45, 7) is 11.4. The van der Waals surface area contributed by atoms with Crippen molar-refractivity contribution >= 4 is 34.8 Å². The predicted molar refractivity (Wildman–Crippen MR) is 166 cm³/mol. The number of para-hydroxylation sites is 1. The Kier molecular flexibility index (Phi) is 18.2. The van der Waals surface area contributed by atoms with Crippen LogP contribution in [0, 0.1) is 0 Å². The molecule has 2 aromatic carbocycles. The van der Waals surface area contributed by atoms with Gasteiger partial charge in [0.25, 0.3) is 0 Å². The molecule has 2 aromatic rings. The number of benzene rings is 2. The molecular weight excluding hydrogens is 492 g/mol. The van der Waals surface area contributed by atoms with Gasteiger partial charge in [0.1, 0.15) is 0 Å². The number of rotatable bonds is 8. The second-order valence-electron chi connectivity index (χ2n) is 8.19. The van der Waals surface area contributed by atoms with Gasteiger partial charge in [-0.2, -0.15) is 0 Å². The highest BCUT2D eigenvalue weighted by atomic mass is 16.2. The van der Waals surface area contributed by atoms with Crippen LogP contribution in [0.5, 0.6) is 0 Å². The van der Waals surface area contributed by atoms with E-state index in [2.05, 4.69) is 12.2 Å². The van der Waals surface area contributed by atoms with Crippen LogP contribution in [-0.2, 0) is 20.9 Å². The number of carbonyl (C=O) groups is 3. The minimum atomic E-state index is -0.437. The van der Waals surface area contributed by atoms with Crippen molar-refractivity contribution in [2.45, 2.75) is 73.3 Å². The SMILES string of the molecule is CC.CC.CCCN.NC(=O)CCCC(=O)NCCC(=O)N1Cc2ccccc2/C(N)=C(/N)c2ccccc21.[HH].[HH]. The Morgan fingerprint density at radius 3 is 2.00 bits per heavy atom. The standard InChI is InChI=1S/C23H27N5O3.C3H9N.2C2H6.2H2/c24-19(29)10-5-11-20(30)27-13-12-21(31)28-14-15-6-1-2-7-16(15)22(25)23(26)17-8-3-4-9-18(17)28;1-2-3-4;2*1-2;;/h1-4,6-9H,5,10-14,25-26H2,(H2,24,29)(H,27,30);2-4H2,1H3;2*1-2H3;2*1H/b23-22-;;;;;. The lowest BCUT2D eigenvalue weighted by molar-refractivity contribution is -0.121. The first-order valence-electron chi connectivity index (χ1n) is 13.8. The van der Waals surface area contributed by atoms with Crippen molar-refractivity contribution in [1.29, 1.82) is 0 Å². The lowest BCUT2D eigenvalue weighted by Gasteiger charge is -2.29. The molecule has 1 aliphatic heterocycles. The monoisotopic (exact) mass is 544 g/mol. The molecule has 0 fully saturated rings. The van der Waals surface area contributed by atoms with E-state index in [1.807, 2.05) is 76.2 Å². The number of hydrogen-bond donors (Lipinski definition) is 5. The minimum Gasteiger partial charge on any atom is -0.397 e. The number of hydrogen-bond acceptors (Lipinski definition) is 6. The molecule has 9 nitrogen and oxygen atoms in total. The molecule has 0 saturated carbocycles. The van der Waals surface area contributed by atoms with Crippen LogP contribution in [0.3, 0.4) is 0 Å². The molecule has 0 radical (unpaired) electrons. The molecule has 0 spiro atoms. The molecule has 9 heteroatoms. The number of anilines is 1. The second-order valence-corrected chi connectivity index (χ2v) is 8.19. The van der Waals surface area contributed by atoms with E-state index in [-0.39, 0.29) is 40.5 Å². The quantitative estimate of drug-likeness (QED) is 0.331. The third-order valence-electron chi connectivity index (χ3n) is 5.49. The zero-order valence-electron chi connectivity index (χ0n) is 24.3. The van der Waals surface area contributed by atoms with Crippen LogP contribution >= 0.6 is 0 Å². The number of nitrogens with two attached hydrogens (primary N) is 4. The first-order chi connectivity index (χ1) is 18.8. The number of nitrogens with zero attached hydrogens (tertiary/aromatic N) is 1. The van der Waals surface area contributed by atoms with Gasteiger partial charge in [-0.1, -0.05) is 77.1 Å². The third-order valence-corrected chi connectivity index (χ3v) is 5.49. The summed E-state index contributed by atoms with van der Waals surface area (Å²) in [5.41, 5.74) is 26.8. The number of primary amides is 1. The molecule has 1 heterocycles. The average molecular weight is 545 g/mol. The van der Waals surface area contributed by atoms with Gasteiger partial charge in [0.05, 0.1) is 23.6 Å². The van der Waals surface area contributed by atoms with Crippen molar-refractivity contribution in [3.63, 3.8) is 0 Å². The highest BCUT2D eigenvalue weighted by Crippen LogP contribution is 2.33. The summed E-state index contributed by atoms with van der Waals surface area (Å²) in [6.07, 6.45) is 1.96. The van der Waals surface area contributed by atoms with Crippen molar-refractivity contribution in [1.82, 2.24) is 5.32 Å². The molecule has 0 saturated heterocycles. The van der Waals surface area contributed by atoms with Gasteiger partial charge in [0, 0.05) is 39.8 Å². The molecule has 9 N–H and O–H groups in total. The summed E-state index contributed by atoms with van der Waals surface area (Å²) in [6, 6.07) is 15.0. The summed E-state index contributed by atoms with van der Waals surface area (Å²) >= 11 is 0. The van der Waals surface area contributed by atoms with Crippen LogP contribution in [0.15, 0.2) is 48.5 Å². The van der Waals surface area contributed by atoms with E-state index >= 15 is 0 Å². The first-order valence-corrected chi connectivity index (χ1v) is 13.8. The fourth-order valence-electron chi connectivity index (χ4n) is 3.58. The number of amides is 3. The van der Waals surface area contributed by atoms with E-state index < -0.39 is 5.91 Å². The highest BCUT2D eigenvalue weighted by Gasteiger charge is 2.25. The molecule has 3 amide bonds. The fraction of sp³-hybridized carbons (Fsp3) is 0.433. The van der Waals surface area contributed by atoms with Crippen molar-refractivity contribution in [3.8, 4) is 0 Å². The van der Waals surface area contributed by atoms with E-state index in [9.17, 15) is 14.4 Å². The molecule has 3 rings (SSSR count). The summed E-state index contributed by atoms with van der Waals surface area (Å²) < 4.78 is 0. The largest absolute Gasteiger partial charge is 0.397 e. The van der Waals surface area contributed by atoms with Crippen LogP contribution in [0.1, 0.15) is 86.3 Å². The normalized spacial score (nSPS) is 13.2. The molecule has 0 unspecified atom stereocenters. The Hall–Kier alpha value is -3.85. The van der Waals surface area contributed by atoms with Gasteiger partial charge in [-0.3, -0.25) is 14.4 Å². The molecule has 0 atom stereocenters. The maximum Gasteiger partial charge on any atom is 0.229 e. The summed E-state index contributed by atoms with van der Waals surface area (Å²) in [5, 5.41) is 2.72. The van der Waals surface area contributed by atoms with Crippen LogP contribution in [0.4, 0.5) is 5.69 Å². The Labute approximate surface area is 237 Å². The lowest BCUT2D eigenvalue weighted by atomic mass is 9.96. The second kappa shape index (κ2) is 20.2. The van der Waals surface area contributed by atoms with Gasteiger partial charge in [0.2, 0.25) is 17.7 Å². The highest BCUT2D eigenvalue weighted by molar-refractivity contribution is 6.01. The molecule has 1 aliphatic rings. The van der Waals surface area contributed by atoms with Crippen molar-refractivity contribution in [3.05, 3.63) is 65.2 Å². The van der Waals surface area contributed by atoms with Crippen LogP contribution in [0.25, 0.3) is 11.4 Å². The van der Waals surface area contributed by atoms with E-state index in [1.165, 1.54) is 0 Å². The topological polar surface area (TPSA) is 171 Å². The molecule has 0 bridgehead atoms. The Morgan fingerprint density at radius 1 is 0.872 bits per heavy atom. The third kappa shape index (κ3) is 11.6. The smallest absolute Gasteiger partial charge is 0.229 e. The van der Waals surface area contributed by atoms with Crippen LogP contribution in [-0.4, -0.2) is 30.8 Å². The zero-order chi connectivity index (χ0) is 29.8. The Morgan fingerprint density at radius 2 is 1.41 bits per heavy atom. The average Bonchev–Trinajstić information content (AvgIpc) is 2.96. The molecular formula is C30H52N6O3. The van der Waals surface area contributed by atoms with E-state index in [0.717, 1.165) is 24.1 Å². The number of fused-ring (bicyclic) bond motifs is 2. The minimum absolute atomic E-state index is 0. The summed E-state index contributed by atoms with van der Waals surface area (Å²) in [7, 11) is 0. The maximum absolute atomic E-state index is 13.1. The summed E-state index contributed by atoms with van der Waals surface area (Å²) in [5.74, 6) is -0.798. The van der Waals surface area contributed by atoms with E-state index in [0.29, 0.717) is 35.6 Å². The van der Waals surface area contributed by atoms with Gasteiger partial charge >= 0.3 is 0 Å². The van der Waals surface area contributed by atoms with Crippen LogP contribution < -0.4 is 33.2 Å². The fourth-order valence-corrected chi connectivity index (χ4v) is 3.58. The molecule has 0 aliphatic carbocycles. The Bertz CT molecular complexity index is 1080. The van der Waals surface area contributed by atoms with Crippen molar-refractivity contribution < 1.29 is 17.2 Å². The summed E-state index contributed by atoms with van der Waals surface area (Å²) in [4.78, 5) is 37.5. The van der Waals surface area contributed by atoms with Gasteiger partial charge in [0.15, 0.2) is 0 Å². The molecule has 220 valence electrons. The van der Waals surface area contributed by atoms with E-state index in [1.54, 1.807) is 4.90 Å². The zero-order valence-corrected chi connectivity index (χ0v) is 24.3. The lowest BCUT2D eigenvalue weighted by Crippen LogP contribution is -2.36. The van der Waals surface area contributed by atoms with Gasteiger partial charge < -0.3 is 33.2 Å². The van der Waals surface area contributed by atoms with Crippen molar-refractivity contribution in [2.24, 2.45) is 22.9 Å². The first kappa shape index (κ1) is 35.2. The number of nitrogens with one attached hydrogen (secondary N) is 1. The molecule has 39 heavy (non-hydrogen) atoms.